The fraction of sp³-hybridized carbons (Fsp3) is 0.938. The Morgan fingerprint density at radius 3 is 2.00 bits per heavy atom. The number of unbranched alkanes of at least 4 members (excludes halogenated alkanes) is 7. The molecule has 0 unspecified atom stereocenters. The summed E-state index contributed by atoms with van der Waals surface area (Å²) in [5.74, 6) is 1.32. The number of hydrogen-bond acceptors (Lipinski definition) is 3. The highest BCUT2D eigenvalue weighted by atomic mass is 32.1. The number of ether oxygens (including phenoxy) is 1. The molecule has 0 N–H and O–H groups in total. The molecule has 2 nitrogen and oxygen atoms in total. The fourth-order valence-corrected chi connectivity index (χ4v) is 2.25. The summed E-state index contributed by atoms with van der Waals surface area (Å²) in [6.45, 7) is 5.17. The Kier molecular flexibility index (Phi) is 14.1. The monoisotopic (exact) mass is 288 g/mol. The zero-order valence-corrected chi connectivity index (χ0v) is 13.7. The van der Waals surface area contributed by atoms with E-state index in [1.807, 2.05) is 0 Å². The van der Waals surface area contributed by atoms with Crippen molar-refractivity contribution >= 4 is 18.6 Å². The summed E-state index contributed by atoms with van der Waals surface area (Å²) in [5.41, 5.74) is 0. The van der Waals surface area contributed by atoms with Crippen molar-refractivity contribution in [2.24, 2.45) is 5.92 Å². The maximum Gasteiger partial charge on any atom is 0.306 e. The minimum absolute atomic E-state index is 0.111. The van der Waals surface area contributed by atoms with Gasteiger partial charge in [0, 0.05) is 5.75 Å². The lowest BCUT2D eigenvalue weighted by Crippen LogP contribution is -2.06. The van der Waals surface area contributed by atoms with Crippen LogP contribution in [-0.2, 0) is 9.53 Å². The molecule has 0 aliphatic rings. The van der Waals surface area contributed by atoms with E-state index in [-0.39, 0.29) is 5.97 Å². The maximum atomic E-state index is 11.1. The van der Waals surface area contributed by atoms with Crippen molar-refractivity contribution in [1.82, 2.24) is 0 Å². The van der Waals surface area contributed by atoms with Crippen LogP contribution in [0.1, 0.15) is 78.1 Å². The lowest BCUT2D eigenvalue weighted by atomic mass is 10.0. The van der Waals surface area contributed by atoms with Gasteiger partial charge in [0.15, 0.2) is 0 Å². The van der Waals surface area contributed by atoms with Gasteiger partial charge in [-0.1, -0.05) is 65.2 Å². The molecule has 0 radical (unpaired) electrons. The molecule has 0 amide bonds. The summed E-state index contributed by atoms with van der Waals surface area (Å²) in [5, 5.41) is 0. The molecule has 0 saturated heterocycles. The van der Waals surface area contributed by atoms with Gasteiger partial charge >= 0.3 is 5.97 Å². The summed E-state index contributed by atoms with van der Waals surface area (Å²) in [6, 6.07) is 0. The van der Waals surface area contributed by atoms with E-state index in [0.717, 1.165) is 12.3 Å². The maximum absolute atomic E-state index is 11.1. The van der Waals surface area contributed by atoms with E-state index in [4.69, 9.17) is 4.74 Å². The standard InChI is InChI=1S/C16H32O2S/c1-15(2)11-9-7-5-3-4-6-8-10-13-18-16(17)12-14-19/h15,19H,3-14H2,1-2H3. The minimum Gasteiger partial charge on any atom is -0.466 e. The quantitative estimate of drug-likeness (QED) is 0.293. The predicted octanol–water partition coefficient (Wildman–Crippen LogP) is 5.02. The average molecular weight is 288 g/mol. The molecule has 0 aromatic carbocycles. The van der Waals surface area contributed by atoms with Crippen LogP contribution in [0, 0.1) is 5.92 Å². The van der Waals surface area contributed by atoms with E-state index in [1.54, 1.807) is 0 Å². The van der Waals surface area contributed by atoms with Crippen molar-refractivity contribution < 1.29 is 9.53 Å². The second-order valence-electron chi connectivity index (χ2n) is 5.71. The zero-order valence-electron chi connectivity index (χ0n) is 12.8. The highest BCUT2D eigenvalue weighted by molar-refractivity contribution is 7.80. The molecular weight excluding hydrogens is 256 g/mol. The first-order chi connectivity index (χ1) is 9.16. The number of esters is 1. The predicted molar refractivity (Wildman–Crippen MR) is 85.8 cm³/mol. The first-order valence-corrected chi connectivity index (χ1v) is 8.56. The number of hydrogen-bond donors (Lipinski definition) is 1. The van der Waals surface area contributed by atoms with Gasteiger partial charge < -0.3 is 4.74 Å². The molecule has 0 aromatic heterocycles. The molecule has 19 heavy (non-hydrogen) atoms. The van der Waals surface area contributed by atoms with E-state index in [1.165, 1.54) is 51.4 Å². The molecule has 0 fully saturated rings. The van der Waals surface area contributed by atoms with Gasteiger partial charge in [0.2, 0.25) is 0 Å². The van der Waals surface area contributed by atoms with Crippen molar-refractivity contribution in [3.63, 3.8) is 0 Å². The third-order valence-corrected chi connectivity index (χ3v) is 3.48. The Morgan fingerprint density at radius 2 is 1.47 bits per heavy atom. The van der Waals surface area contributed by atoms with E-state index in [0.29, 0.717) is 18.8 Å². The highest BCUT2D eigenvalue weighted by Crippen LogP contribution is 2.12. The topological polar surface area (TPSA) is 26.3 Å². The van der Waals surface area contributed by atoms with E-state index >= 15 is 0 Å². The van der Waals surface area contributed by atoms with Crippen LogP contribution >= 0.6 is 12.6 Å². The summed E-state index contributed by atoms with van der Waals surface area (Å²) in [7, 11) is 0. The van der Waals surface area contributed by atoms with Gasteiger partial charge in [-0.2, -0.15) is 12.6 Å². The summed E-state index contributed by atoms with van der Waals surface area (Å²) in [4.78, 5) is 11.1. The number of thiol groups is 1. The van der Waals surface area contributed by atoms with Crippen LogP contribution < -0.4 is 0 Å². The third-order valence-electron chi connectivity index (χ3n) is 3.25. The van der Waals surface area contributed by atoms with Gasteiger partial charge in [0.1, 0.15) is 0 Å². The van der Waals surface area contributed by atoms with Gasteiger partial charge in [-0.3, -0.25) is 4.79 Å². The SMILES string of the molecule is CC(C)CCCCCCCCCCOC(=O)CCS. The van der Waals surface area contributed by atoms with Gasteiger partial charge in [0.25, 0.3) is 0 Å². The van der Waals surface area contributed by atoms with Gasteiger partial charge in [-0.15, -0.1) is 0 Å². The third kappa shape index (κ3) is 15.8. The molecule has 0 aliphatic heterocycles. The molecule has 114 valence electrons. The average Bonchev–Trinajstić information content (AvgIpc) is 2.36. The second-order valence-corrected chi connectivity index (χ2v) is 6.15. The smallest absolute Gasteiger partial charge is 0.306 e. The van der Waals surface area contributed by atoms with Crippen LogP contribution in [0.2, 0.25) is 0 Å². The van der Waals surface area contributed by atoms with Crippen LogP contribution in [0.4, 0.5) is 0 Å². The normalized spacial score (nSPS) is 10.9. The summed E-state index contributed by atoms with van der Waals surface area (Å²) < 4.78 is 5.08. The van der Waals surface area contributed by atoms with Gasteiger partial charge in [-0.05, 0) is 12.3 Å². The van der Waals surface area contributed by atoms with Crippen molar-refractivity contribution in [3.05, 3.63) is 0 Å². The molecule has 0 atom stereocenters. The Hall–Kier alpha value is -0.180. The Bertz CT molecular complexity index is 205. The molecule has 3 heteroatoms. The molecule has 0 saturated carbocycles. The Balaban J connectivity index is 3.05. The molecular formula is C16H32O2S. The van der Waals surface area contributed by atoms with Crippen molar-refractivity contribution in [2.45, 2.75) is 78.1 Å². The molecule has 0 spiro atoms. The summed E-state index contributed by atoms with van der Waals surface area (Å²) >= 11 is 4.00. The van der Waals surface area contributed by atoms with E-state index in [2.05, 4.69) is 26.5 Å². The van der Waals surface area contributed by atoms with Gasteiger partial charge in [0.05, 0.1) is 13.0 Å². The second kappa shape index (κ2) is 14.2. The van der Waals surface area contributed by atoms with E-state index < -0.39 is 0 Å². The lowest BCUT2D eigenvalue weighted by molar-refractivity contribution is -0.143. The Labute approximate surface area is 125 Å². The van der Waals surface area contributed by atoms with Crippen LogP contribution in [0.15, 0.2) is 0 Å². The lowest BCUT2D eigenvalue weighted by Gasteiger charge is -2.05. The van der Waals surface area contributed by atoms with Gasteiger partial charge in [-0.25, -0.2) is 0 Å². The molecule has 0 heterocycles. The number of carbonyl (C=O) groups excluding carboxylic acids is 1. The number of rotatable bonds is 13. The van der Waals surface area contributed by atoms with E-state index in [9.17, 15) is 4.79 Å². The first kappa shape index (κ1) is 18.8. The largest absolute Gasteiger partial charge is 0.466 e. The van der Waals surface area contributed by atoms with Crippen LogP contribution in [0.25, 0.3) is 0 Å². The molecule has 0 aromatic rings. The molecule has 0 aliphatic carbocycles. The van der Waals surface area contributed by atoms with Crippen molar-refractivity contribution in [3.8, 4) is 0 Å². The zero-order chi connectivity index (χ0) is 14.3. The summed E-state index contributed by atoms with van der Waals surface area (Å²) in [6.07, 6.45) is 12.1. The first-order valence-electron chi connectivity index (χ1n) is 7.93. The van der Waals surface area contributed by atoms with Crippen molar-refractivity contribution in [2.75, 3.05) is 12.4 Å². The Morgan fingerprint density at radius 1 is 0.947 bits per heavy atom. The molecule has 0 bridgehead atoms. The fourth-order valence-electron chi connectivity index (χ4n) is 2.06. The minimum atomic E-state index is -0.111. The van der Waals surface area contributed by atoms with Crippen LogP contribution in [-0.4, -0.2) is 18.3 Å². The highest BCUT2D eigenvalue weighted by Gasteiger charge is 2.00. The number of carbonyl (C=O) groups is 1. The van der Waals surface area contributed by atoms with Crippen LogP contribution in [0.5, 0.6) is 0 Å². The van der Waals surface area contributed by atoms with Crippen LogP contribution in [0.3, 0.4) is 0 Å². The molecule has 0 rings (SSSR count). The van der Waals surface area contributed by atoms with Crippen molar-refractivity contribution in [1.29, 1.82) is 0 Å².